The van der Waals surface area contributed by atoms with E-state index in [1.54, 1.807) is 0 Å². The predicted octanol–water partition coefficient (Wildman–Crippen LogP) is 26.9. The largest absolute Gasteiger partial charge is 0.309 e. The van der Waals surface area contributed by atoms with E-state index in [1.165, 1.54) is 148 Å². The normalized spacial score (nSPS) is 13.0. The van der Waals surface area contributed by atoms with E-state index >= 15 is 0 Å². The van der Waals surface area contributed by atoms with Crippen molar-refractivity contribution in [2.45, 2.75) is 19.6 Å². The highest BCUT2D eigenvalue weighted by molar-refractivity contribution is 6.88. The third kappa shape index (κ3) is 9.00. The lowest BCUT2D eigenvalue weighted by atomic mass is 9.94. The van der Waals surface area contributed by atoms with Crippen LogP contribution in [0.15, 0.2) is 358 Å². The highest BCUT2D eigenvalue weighted by atomic mass is 28.3. The minimum absolute atomic E-state index is 0.149. The Morgan fingerprint density at radius 1 is 0.217 bits per heavy atom. The molecule has 0 unspecified atom stereocenters. The fourth-order valence-corrected chi connectivity index (χ4v) is 19.2. The van der Waals surface area contributed by atoms with Gasteiger partial charge in [-0.1, -0.05) is 267 Å². The average Bonchev–Trinajstić information content (AvgIpc) is 1.53. The maximum absolute atomic E-state index is 8.75. The topological polar surface area (TPSA) is 19.7 Å². The van der Waals surface area contributed by atoms with Crippen LogP contribution < -0.4 is 5.19 Å². The van der Waals surface area contributed by atoms with Gasteiger partial charge in [-0.2, -0.15) is 0 Å². The first-order chi connectivity index (χ1) is 54.3. The zero-order chi connectivity index (χ0) is 74.4. The zero-order valence-electron chi connectivity index (χ0n) is 63.5. The molecule has 4 aromatic heterocycles. The lowest BCUT2D eigenvalue weighted by Crippen LogP contribution is -2.37. The first-order valence-corrected chi connectivity index (χ1v) is 40.1. The Morgan fingerprint density at radius 3 is 1.05 bits per heavy atom. The van der Waals surface area contributed by atoms with Crippen LogP contribution in [0.4, 0.5) is 0 Å². The van der Waals surface area contributed by atoms with Crippen LogP contribution in [0.3, 0.4) is 0 Å². The van der Waals surface area contributed by atoms with Crippen molar-refractivity contribution in [1.82, 2.24) is 18.3 Å². The molecule has 0 amide bonds. The highest BCUT2D eigenvalue weighted by Gasteiger charge is 2.27. The summed E-state index contributed by atoms with van der Waals surface area (Å²) in [5.74, 6) is 0. The highest BCUT2D eigenvalue weighted by Crippen LogP contribution is 2.52. The average molecular weight is 1370 g/mol. The van der Waals surface area contributed by atoms with E-state index in [9.17, 15) is 0 Å². The Morgan fingerprint density at radius 2 is 0.566 bits per heavy atom. The van der Waals surface area contributed by atoms with Crippen LogP contribution in [-0.2, 0) is 0 Å². The summed E-state index contributed by atoms with van der Waals surface area (Å²) in [6.45, 7) is 7.23. The number of rotatable bonds is 8. The minimum atomic E-state index is -1.40. The van der Waals surface area contributed by atoms with Gasteiger partial charge in [0.25, 0.3) is 0 Å². The quantitative estimate of drug-likeness (QED) is 0.135. The number of hydrogen-bond acceptors (Lipinski definition) is 0. The van der Waals surface area contributed by atoms with E-state index in [0.717, 1.165) is 60.7 Å². The molecule has 4 heterocycles. The smallest absolute Gasteiger partial charge is 0.0775 e. The van der Waals surface area contributed by atoms with Gasteiger partial charge in [0.05, 0.1) is 64.7 Å². The summed E-state index contributed by atoms with van der Waals surface area (Å²) in [5, 5.41) is 15.9. The molecule has 106 heavy (non-hydrogen) atoms. The first kappa shape index (κ1) is 55.3. The van der Waals surface area contributed by atoms with Crippen molar-refractivity contribution in [2.24, 2.45) is 0 Å². The molecule has 0 atom stereocenters. The van der Waals surface area contributed by atoms with Crippen LogP contribution in [0, 0.1) is 0 Å². The molecule has 0 spiro atoms. The van der Waals surface area contributed by atoms with Crippen molar-refractivity contribution in [1.29, 1.82) is 0 Å². The van der Waals surface area contributed by atoms with Crippen molar-refractivity contribution < 1.29 is 6.85 Å². The molecular weight excluding hydrogens is 1300 g/mol. The summed E-state index contributed by atoms with van der Waals surface area (Å²) in [6.07, 6.45) is 0. The fourth-order valence-electron chi connectivity index (χ4n) is 18.0. The van der Waals surface area contributed by atoms with Crippen LogP contribution in [0.1, 0.15) is 6.85 Å². The third-order valence-electron chi connectivity index (χ3n) is 22.8. The van der Waals surface area contributed by atoms with Gasteiger partial charge in [0.15, 0.2) is 0 Å². The lowest BCUT2D eigenvalue weighted by molar-refractivity contribution is 1.18. The lowest BCUT2D eigenvalue weighted by Gasteiger charge is -2.17. The number of fused-ring (bicyclic) bond motifs is 18. The summed E-state index contributed by atoms with van der Waals surface area (Å²) in [6, 6.07) is 118. The second-order valence-electron chi connectivity index (χ2n) is 29.5. The molecule has 4 nitrogen and oxygen atoms in total. The predicted molar refractivity (Wildman–Crippen MR) is 453 cm³/mol. The molecule has 23 rings (SSSR count). The maximum atomic E-state index is 8.75. The molecule has 0 aliphatic heterocycles. The van der Waals surface area contributed by atoms with E-state index < -0.39 is 14.1 Å². The number of aromatic nitrogens is 4. The molecule has 0 N–H and O–H groups in total. The standard InChI is InChI=1S/C55H40N2Si.C46H28N2/c1-58(2,3)40-26-24-38(25-27-40)56-51-20-8-6-16-44(51)49-33-35(22-30-53(49)56)36-23-31-54-50(34-36)45-17-7-9-21-52(45)57(54)39-13-10-12-37(32-39)41-28-29-48-43-15-5-4-14-42(43)47-19-11-18-46(41)55(47)48;1-2-11-31(12-3-1)47-41-19-8-6-15-34(41)39-27-29(21-24-44(39)47)30-22-25-45-40(28-30)35-16-7-9-20-42(35)48(45)43-26-23-37-33-14-5-4-13-32(33)36-17-10-18-38(43)46(36)37/h4-34H,1-3H3;1-28H/i;1D,2D,3D,11D,12D. The summed E-state index contributed by atoms with van der Waals surface area (Å²) in [5.41, 5.74) is 29.8. The van der Waals surface area contributed by atoms with Crippen LogP contribution in [-0.4, -0.2) is 26.3 Å². The monoisotopic (exact) mass is 1370 g/mol. The van der Waals surface area contributed by atoms with E-state index in [1.807, 2.05) is 34.9 Å². The molecule has 0 fully saturated rings. The Bertz CT molecular complexity index is 7550. The number of para-hydroxylation sites is 5. The summed E-state index contributed by atoms with van der Waals surface area (Å²) >= 11 is 0. The van der Waals surface area contributed by atoms with Crippen LogP contribution in [0.2, 0.25) is 19.6 Å². The van der Waals surface area contributed by atoms with Gasteiger partial charge in [-0.3, -0.25) is 0 Å². The molecule has 496 valence electrons. The van der Waals surface area contributed by atoms with Crippen LogP contribution >= 0.6 is 0 Å². The van der Waals surface area contributed by atoms with Crippen LogP contribution in [0.5, 0.6) is 0 Å². The minimum Gasteiger partial charge on any atom is -0.309 e. The van der Waals surface area contributed by atoms with Gasteiger partial charge in [-0.05, 0) is 209 Å². The molecule has 21 aromatic rings. The van der Waals surface area contributed by atoms with Gasteiger partial charge in [0.1, 0.15) is 0 Å². The SMILES string of the molecule is C[Si](C)(C)c1ccc(-n2c3ccccc3c3cc(-c4ccc5c(c4)c4ccccc4n5-c4cccc(-c5ccc6c7c(cccc57)-c5ccccc5-6)c4)ccc32)cc1.[2H]c1c([2H])c([2H])c(-n2c3ccccc3c3cc(-c4ccc5c(c4)c4ccccc4n5-c4ccc5c6c(cccc46)-c4ccccc4-5)ccc32)c([2H])c1[2H]. The van der Waals surface area contributed by atoms with Gasteiger partial charge in [-0.15, -0.1) is 0 Å². The molecule has 0 radical (unpaired) electrons. The molecular formula is C101H68N4Si. The number of hydrogen-bond donors (Lipinski definition) is 0. The van der Waals surface area contributed by atoms with Gasteiger partial charge >= 0.3 is 0 Å². The summed E-state index contributed by atoms with van der Waals surface area (Å²) in [4.78, 5) is 0. The van der Waals surface area contributed by atoms with E-state index in [4.69, 9.17) is 6.85 Å². The Hall–Kier alpha value is -13.3. The zero-order valence-corrected chi connectivity index (χ0v) is 59.5. The van der Waals surface area contributed by atoms with Crippen molar-refractivity contribution in [3.05, 3.63) is 358 Å². The van der Waals surface area contributed by atoms with Gasteiger partial charge < -0.3 is 18.3 Å². The van der Waals surface area contributed by atoms with E-state index in [2.05, 4.69) is 331 Å². The Labute approximate surface area is 621 Å². The number of nitrogens with zero attached hydrogens (tertiary/aromatic N) is 4. The molecule has 0 saturated carbocycles. The van der Waals surface area contributed by atoms with Gasteiger partial charge in [0.2, 0.25) is 0 Å². The second kappa shape index (κ2) is 23.1. The first-order valence-electron chi connectivity index (χ1n) is 39.1. The van der Waals surface area contributed by atoms with E-state index in [0.29, 0.717) is 0 Å². The van der Waals surface area contributed by atoms with Crippen molar-refractivity contribution in [2.75, 3.05) is 0 Å². The molecule has 0 saturated heterocycles. The molecule has 17 aromatic carbocycles. The molecule has 2 aliphatic rings. The van der Waals surface area contributed by atoms with E-state index in [-0.39, 0.29) is 29.9 Å². The molecule has 0 bridgehead atoms. The third-order valence-corrected chi connectivity index (χ3v) is 24.9. The second-order valence-corrected chi connectivity index (χ2v) is 34.6. The van der Waals surface area contributed by atoms with Gasteiger partial charge in [-0.25, -0.2) is 0 Å². The molecule has 2 aliphatic carbocycles. The van der Waals surface area contributed by atoms with Crippen LogP contribution in [0.25, 0.3) is 209 Å². The fraction of sp³-hybridized carbons (Fsp3) is 0.0297. The summed E-state index contributed by atoms with van der Waals surface area (Å²) < 4.78 is 51.4. The van der Waals surface area contributed by atoms with Crippen molar-refractivity contribution >= 4 is 122 Å². The Kier molecular flexibility index (Phi) is 12.0. The Balaban J connectivity index is 0.000000137. The van der Waals surface area contributed by atoms with Gasteiger partial charge in [0, 0.05) is 65.5 Å². The maximum Gasteiger partial charge on any atom is 0.0775 e. The van der Waals surface area contributed by atoms with Crippen molar-refractivity contribution in [3.8, 4) is 101 Å². The number of benzene rings is 17. The summed E-state index contributed by atoms with van der Waals surface area (Å²) in [7, 11) is -1.40. The molecule has 5 heteroatoms. The van der Waals surface area contributed by atoms with Crippen molar-refractivity contribution in [3.63, 3.8) is 0 Å².